The van der Waals surface area contributed by atoms with E-state index in [9.17, 15) is 30.0 Å². The van der Waals surface area contributed by atoms with Crippen LogP contribution in [0.4, 0.5) is 0 Å². The summed E-state index contributed by atoms with van der Waals surface area (Å²) in [6.45, 7) is 6.18. The van der Waals surface area contributed by atoms with Crippen molar-refractivity contribution in [3.05, 3.63) is 48.6 Å². The number of unbranched alkanes of at least 4 members (excludes halogenated alkanes) is 10. The molecule has 4 atom stereocenters. The van der Waals surface area contributed by atoms with E-state index in [0.717, 1.165) is 50.9 Å². The average molecular weight is 651 g/mol. The maximum Gasteiger partial charge on any atom is 0.305 e. The standard InChI is InChI=1S/C38H66O8/c1-4-5-17-24-33(39)25-19-14-11-12-15-20-26-35(41)36(42)27-22-29-38(44)46-31-34(40)30-45-37(43)28-21-16-10-8-6-7-9-13-18-23-32(2)3/h11-12,14-15,19-20,25-26,32-36,39-42H,4-10,13,16-18,21-24,27-31H2,1-3H3/b14-11-,15-12+,25-19+,26-20+/t33-,34-,35-,36-/m1/s1. The predicted molar refractivity (Wildman–Crippen MR) is 186 cm³/mol. The molecule has 266 valence electrons. The molecule has 46 heavy (non-hydrogen) atoms. The predicted octanol–water partition coefficient (Wildman–Crippen LogP) is 7.44. The zero-order chi connectivity index (χ0) is 34.3. The zero-order valence-electron chi connectivity index (χ0n) is 29.1. The first kappa shape index (κ1) is 43.7. The molecule has 0 rings (SSSR count). The second kappa shape index (κ2) is 31.3. The Morgan fingerprint density at radius 2 is 1.04 bits per heavy atom. The molecule has 0 aliphatic rings. The minimum absolute atomic E-state index is 0.0314. The number of aliphatic hydroxyl groups excluding tert-OH is 4. The summed E-state index contributed by atoms with van der Waals surface area (Å²) in [5.41, 5.74) is 0. The number of esters is 2. The summed E-state index contributed by atoms with van der Waals surface area (Å²) in [6, 6.07) is 0. The number of carbonyl (C=O) groups excluding carboxylic acids is 2. The second-order valence-electron chi connectivity index (χ2n) is 12.7. The fraction of sp³-hybridized carbons (Fsp3) is 0.737. The summed E-state index contributed by atoms with van der Waals surface area (Å²) >= 11 is 0. The van der Waals surface area contributed by atoms with Crippen LogP contribution in [0, 0.1) is 5.92 Å². The van der Waals surface area contributed by atoms with Crippen molar-refractivity contribution >= 4 is 11.9 Å². The maximum absolute atomic E-state index is 12.0. The van der Waals surface area contributed by atoms with Crippen LogP contribution in [0.5, 0.6) is 0 Å². The smallest absolute Gasteiger partial charge is 0.305 e. The molecule has 8 heteroatoms. The molecule has 0 unspecified atom stereocenters. The largest absolute Gasteiger partial charge is 0.463 e. The minimum Gasteiger partial charge on any atom is -0.463 e. The molecule has 0 aromatic carbocycles. The Balaban J connectivity index is 3.84. The van der Waals surface area contributed by atoms with Crippen LogP contribution in [0.15, 0.2) is 48.6 Å². The first-order chi connectivity index (χ1) is 22.1. The molecular weight excluding hydrogens is 584 g/mol. The van der Waals surface area contributed by atoms with Crippen molar-refractivity contribution in [2.75, 3.05) is 13.2 Å². The van der Waals surface area contributed by atoms with E-state index in [1.54, 1.807) is 36.5 Å². The van der Waals surface area contributed by atoms with Gasteiger partial charge in [-0.3, -0.25) is 9.59 Å². The van der Waals surface area contributed by atoms with Gasteiger partial charge in [0.05, 0.1) is 18.3 Å². The Hall–Kier alpha value is -2.26. The second-order valence-corrected chi connectivity index (χ2v) is 12.7. The summed E-state index contributed by atoms with van der Waals surface area (Å²) in [5.74, 6) is -0.0918. The Kier molecular flexibility index (Phi) is 29.8. The van der Waals surface area contributed by atoms with Crippen LogP contribution in [0.25, 0.3) is 0 Å². The van der Waals surface area contributed by atoms with Crippen LogP contribution < -0.4 is 0 Å². The van der Waals surface area contributed by atoms with Crippen molar-refractivity contribution in [1.82, 2.24) is 0 Å². The first-order valence-electron chi connectivity index (χ1n) is 17.9. The monoisotopic (exact) mass is 650 g/mol. The molecule has 0 saturated heterocycles. The molecule has 0 fully saturated rings. The molecule has 0 amide bonds. The summed E-state index contributed by atoms with van der Waals surface area (Å²) in [6.07, 6.45) is 26.9. The Morgan fingerprint density at radius 3 is 1.61 bits per heavy atom. The van der Waals surface area contributed by atoms with Gasteiger partial charge in [-0.25, -0.2) is 0 Å². The van der Waals surface area contributed by atoms with Crippen LogP contribution >= 0.6 is 0 Å². The highest BCUT2D eigenvalue weighted by Gasteiger charge is 2.15. The SMILES string of the molecule is CCCCC[C@@H](O)/C=C/C=C\C=C\C=C\[C@@H](O)[C@H](O)CCCC(=O)OC[C@H](O)COC(=O)CCCCCCCCCCCC(C)C. The van der Waals surface area contributed by atoms with Crippen LogP contribution in [-0.2, 0) is 19.1 Å². The Labute approximate surface area is 279 Å². The van der Waals surface area contributed by atoms with E-state index < -0.39 is 30.4 Å². The van der Waals surface area contributed by atoms with Crippen LogP contribution in [0.3, 0.4) is 0 Å². The van der Waals surface area contributed by atoms with Crippen LogP contribution in [-0.4, -0.2) is 70.0 Å². The molecular formula is C38H66O8. The third-order valence-electron chi connectivity index (χ3n) is 7.61. The highest BCUT2D eigenvalue weighted by molar-refractivity contribution is 5.69. The van der Waals surface area contributed by atoms with Gasteiger partial charge in [0, 0.05) is 12.8 Å². The summed E-state index contributed by atoms with van der Waals surface area (Å²) < 4.78 is 10.1. The van der Waals surface area contributed by atoms with Crippen LogP contribution in [0.1, 0.15) is 136 Å². The number of carbonyl (C=O) groups is 2. The molecule has 8 nitrogen and oxygen atoms in total. The van der Waals surface area contributed by atoms with E-state index in [2.05, 4.69) is 20.8 Å². The van der Waals surface area contributed by atoms with E-state index in [1.165, 1.54) is 51.0 Å². The minimum atomic E-state index is -1.09. The van der Waals surface area contributed by atoms with Gasteiger partial charge in [0.2, 0.25) is 0 Å². The van der Waals surface area contributed by atoms with Crippen molar-refractivity contribution in [1.29, 1.82) is 0 Å². The van der Waals surface area contributed by atoms with Crippen molar-refractivity contribution in [3.63, 3.8) is 0 Å². The van der Waals surface area contributed by atoms with E-state index >= 15 is 0 Å². The fourth-order valence-electron chi connectivity index (χ4n) is 4.71. The summed E-state index contributed by atoms with van der Waals surface area (Å²) in [7, 11) is 0. The molecule has 0 spiro atoms. The normalized spacial score (nSPS) is 15.0. The van der Waals surface area contributed by atoms with Gasteiger partial charge in [0.1, 0.15) is 19.3 Å². The quantitative estimate of drug-likeness (QED) is 0.0358. The fourth-order valence-corrected chi connectivity index (χ4v) is 4.71. The molecule has 0 aliphatic carbocycles. The van der Waals surface area contributed by atoms with Gasteiger partial charge in [-0.05, 0) is 31.6 Å². The number of rotatable bonds is 30. The van der Waals surface area contributed by atoms with Gasteiger partial charge >= 0.3 is 11.9 Å². The molecule has 0 aromatic heterocycles. The number of hydrogen-bond acceptors (Lipinski definition) is 8. The van der Waals surface area contributed by atoms with Gasteiger partial charge < -0.3 is 29.9 Å². The summed E-state index contributed by atoms with van der Waals surface area (Å²) in [5, 5.41) is 40.0. The van der Waals surface area contributed by atoms with E-state index in [0.29, 0.717) is 12.8 Å². The topological polar surface area (TPSA) is 134 Å². The molecule has 0 saturated carbocycles. The Morgan fingerprint density at radius 1 is 0.565 bits per heavy atom. The van der Waals surface area contributed by atoms with E-state index in [-0.39, 0.29) is 32.0 Å². The lowest BCUT2D eigenvalue weighted by atomic mass is 10.0. The average Bonchev–Trinajstić information content (AvgIpc) is 3.02. The molecule has 0 aromatic rings. The number of allylic oxidation sites excluding steroid dienone is 6. The van der Waals surface area contributed by atoms with Crippen molar-refractivity contribution in [2.24, 2.45) is 5.92 Å². The Bertz CT molecular complexity index is 848. The highest BCUT2D eigenvalue weighted by Crippen LogP contribution is 2.14. The van der Waals surface area contributed by atoms with E-state index in [1.807, 2.05) is 6.08 Å². The van der Waals surface area contributed by atoms with Gasteiger partial charge in [0.25, 0.3) is 0 Å². The third-order valence-corrected chi connectivity index (χ3v) is 7.61. The van der Waals surface area contributed by atoms with Crippen molar-refractivity contribution in [3.8, 4) is 0 Å². The molecule has 0 radical (unpaired) electrons. The summed E-state index contributed by atoms with van der Waals surface area (Å²) in [4.78, 5) is 23.9. The number of hydrogen-bond donors (Lipinski definition) is 4. The highest BCUT2D eigenvalue weighted by atomic mass is 16.6. The van der Waals surface area contributed by atoms with E-state index in [4.69, 9.17) is 9.47 Å². The first-order valence-corrected chi connectivity index (χ1v) is 17.9. The lowest BCUT2D eigenvalue weighted by Crippen LogP contribution is -2.26. The number of ether oxygens (including phenoxy) is 2. The molecule has 4 N–H and O–H groups in total. The van der Waals surface area contributed by atoms with Gasteiger partial charge in [-0.15, -0.1) is 0 Å². The van der Waals surface area contributed by atoms with Gasteiger partial charge in [-0.2, -0.15) is 0 Å². The lowest BCUT2D eigenvalue weighted by Gasteiger charge is -2.14. The van der Waals surface area contributed by atoms with Gasteiger partial charge in [0.15, 0.2) is 0 Å². The van der Waals surface area contributed by atoms with Gasteiger partial charge in [-0.1, -0.05) is 146 Å². The maximum atomic E-state index is 12.0. The zero-order valence-corrected chi connectivity index (χ0v) is 29.1. The number of aliphatic hydroxyl groups is 4. The third kappa shape index (κ3) is 30.4. The van der Waals surface area contributed by atoms with Crippen LogP contribution in [0.2, 0.25) is 0 Å². The molecule has 0 aliphatic heterocycles. The molecule has 0 bridgehead atoms. The molecule has 0 heterocycles. The van der Waals surface area contributed by atoms with Crippen molar-refractivity contribution < 1.29 is 39.5 Å². The lowest BCUT2D eigenvalue weighted by molar-refractivity contribution is -0.152. The van der Waals surface area contributed by atoms with Crippen molar-refractivity contribution in [2.45, 2.75) is 161 Å².